The van der Waals surface area contributed by atoms with Crippen LogP contribution >= 0.6 is 0 Å². The van der Waals surface area contributed by atoms with Crippen LogP contribution < -0.4 is 5.32 Å². The molecule has 1 heterocycles. The van der Waals surface area contributed by atoms with Gasteiger partial charge in [-0.15, -0.1) is 0 Å². The molecule has 15 heavy (non-hydrogen) atoms. The maximum absolute atomic E-state index is 13.7. The summed E-state index contributed by atoms with van der Waals surface area (Å²) >= 11 is 0. The van der Waals surface area contributed by atoms with E-state index in [-0.39, 0.29) is 11.4 Å². The Balaban J connectivity index is 2.32. The van der Waals surface area contributed by atoms with Crippen molar-refractivity contribution < 1.29 is 4.39 Å². The second-order valence-electron chi connectivity index (χ2n) is 4.75. The first-order chi connectivity index (χ1) is 7.12. The van der Waals surface area contributed by atoms with Gasteiger partial charge in [-0.1, -0.05) is 18.2 Å². The fourth-order valence-corrected chi connectivity index (χ4v) is 2.57. The first kappa shape index (κ1) is 10.6. The second-order valence-corrected chi connectivity index (χ2v) is 4.75. The molecule has 1 aromatic rings. The third-order valence-electron chi connectivity index (χ3n) is 3.35. The summed E-state index contributed by atoms with van der Waals surface area (Å²) in [5.41, 5.74) is 0.611. The van der Waals surface area contributed by atoms with Crippen LogP contribution in [0.3, 0.4) is 0 Å². The summed E-state index contributed by atoms with van der Waals surface area (Å²) in [7, 11) is 0. The molecule has 2 rings (SSSR count). The van der Waals surface area contributed by atoms with Crippen molar-refractivity contribution in [2.45, 2.75) is 44.7 Å². The van der Waals surface area contributed by atoms with Crippen LogP contribution in [0.25, 0.3) is 0 Å². The van der Waals surface area contributed by atoms with Crippen LogP contribution in [0.4, 0.5) is 4.39 Å². The minimum absolute atomic E-state index is 0.0957. The lowest BCUT2D eigenvalue weighted by Gasteiger charge is -2.39. The molecule has 1 aliphatic rings. The third-order valence-corrected chi connectivity index (χ3v) is 3.35. The first-order valence-corrected chi connectivity index (χ1v) is 5.64. The average molecular weight is 207 g/mol. The van der Waals surface area contributed by atoms with E-state index in [9.17, 15) is 4.39 Å². The van der Waals surface area contributed by atoms with Crippen molar-refractivity contribution in [1.29, 1.82) is 0 Å². The number of benzene rings is 1. The summed E-state index contributed by atoms with van der Waals surface area (Å²) in [6.45, 7) is 4.26. The summed E-state index contributed by atoms with van der Waals surface area (Å²) < 4.78 is 13.7. The van der Waals surface area contributed by atoms with Crippen molar-refractivity contribution in [2.24, 2.45) is 0 Å². The zero-order chi connectivity index (χ0) is 10.9. The molecule has 0 amide bonds. The molecule has 1 aromatic carbocycles. The summed E-state index contributed by atoms with van der Waals surface area (Å²) in [5, 5.41) is 3.51. The second kappa shape index (κ2) is 3.93. The lowest BCUT2D eigenvalue weighted by molar-refractivity contribution is 0.229. The van der Waals surface area contributed by atoms with Gasteiger partial charge < -0.3 is 5.32 Å². The normalized spacial score (nSPS) is 31.5. The topological polar surface area (TPSA) is 12.0 Å². The lowest BCUT2D eigenvalue weighted by Crippen LogP contribution is -2.48. The van der Waals surface area contributed by atoms with E-state index < -0.39 is 0 Å². The molecule has 0 aromatic heterocycles. The smallest absolute Gasteiger partial charge is 0.128 e. The van der Waals surface area contributed by atoms with E-state index in [0.717, 1.165) is 12.0 Å². The molecule has 1 aliphatic heterocycles. The van der Waals surface area contributed by atoms with Crippen LogP contribution in [0.5, 0.6) is 0 Å². The standard InChI is InChI=1S/C13H18FN/c1-10-6-5-9-13(2,15-10)11-7-3-4-8-12(11)14/h3-4,7-8,10,15H,5-6,9H2,1-2H3. The number of hydrogen-bond donors (Lipinski definition) is 1. The van der Waals surface area contributed by atoms with Gasteiger partial charge in [0.15, 0.2) is 0 Å². The number of rotatable bonds is 1. The summed E-state index contributed by atoms with van der Waals surface area (Å²) in [4.78, 5) is 0. The Hall–Kier alpha value is -0.890. The molecule has 1 N–H and O–H groups in total. The van der Waals surface area contributed by atoms with Crippen molar-refractivity contribution in [2.75, 3.05) is 0 Å². The summed E-state index contributed by atoms with van der Waals surface area (Å²) in [5.74, 6) is -0.0957. The summed E-state index contributed by atoms with van der Waals surface area (Å²) in [6, 6.07) is 7.56. The van der Waals surface area contributed by atoms with E-state index in [0.29, 0.717) is 6.04 Å². The van der Waals surface area contributed by atoms with E-state index in [1.165, 1.54) is 12.8 Å². The highest BCUT2D eigenvalue weighted by molar-refractivity contribution is 5.26. The van der Waals surface area contributed by atoms with Crippen LogP contribution in [0.2, 0.25) is 0 Å². The van der Waals surface area contributed by atoms with Gasteiger partial charge in [-0.3, -0.25) is 0 Å². The Morgan fingerprint density at radius 2 is 2.13 bits per heavy atom. The number of piperidine rings is 1. The van der Waals surface area contributed by atoms with Crippen molar-refractivity contribution in [1.82, 2.24) is 5.32 Å². The van der Waals surface area contributed by atoms with Gasteiger partial charge in [0.05, 0.1) is 0 Å². The first-order valence-electron chi connectivity index (χ1n) is 5.64. The molecular weight excluding hydrogens is 189 g/mol. The zero-order valence-electron chi connectivity index (χ0n) is 9.39. The van der Waals surface area contributed by atoms with Crippen LogP contribution in [0.1, 0.15) is 38.7 Å². The van der Waals surface area contributed by atoms with Crippen LogP contribution in [0.15, 0.2) is 24.3 Å². The molecule has 0 spiro atoms. The molecule has 0 radical (unpaired) electrons. The third kappa shape index (κ3) is 2.05. The monoisotopic (exact) mass is 207 g/mol. The van der Waals surface area contributed by atoms with Gasteiger partial charge in [-0.2, -0.15) is 0 Å². The fraction of sp³-hybridized carbons (Fsp3) is 0.538. The molecule has 1 nitrogen and oxygen atoms in total. The fourth-order valence-electron chi connectivity index (χ4n) is 2.57. The van der Waals surface area contributed by atoms with E-state index in [1.54, 1.807) is 12.1 Å². The van der Waals surface area contributed by atoms with E-state index in [4.69, 9.17) is 0 Å². The van der Waals surface area contributed by atoms with Crippen molar-refractivity contribution >= 4 is 0 Å². The Labute approximate surface area is 90.7 Å². The molecule has 2 unspecified atom stereocenters. The Morgan fingerprint density at radius 3 is 2.80 bits per heavy atom. The van der Waals surface area contributed by atoms with Crippen LogP contribution in [-0.4, -0.2) is 6.04 Å². The molecule has 2 atom stereocenters. The summed E-state index contributed by atoms with van der Waals surface area (Å²) in [6.07, 6.45) is 3.36. The maximum atomic E-state index is 13.7. The van der Waals surface area contributed by atoms with Gasteiger partial charge in [-0.05, 0) is 39.2 Å². The molecule has 0 saturated carbocycles. The molecule has 2 heteroatoms. The van der Waals surface area contributed by atoms with Gasteiger partial charge in [0.25, 0.3) is 0 Å². The van der Waals surface area contributed by atoms with Gasteiger partial charge in [0, 0.05) is 17.1 Å². The minimum atomic E-state index is -0.191. The molecule has 82 valence electrons. The molecule has 0 bridgehead atoms. The number of hydrogen-bond acceptors (Lipinski definition) is 1. The Bertz CT molecular complexity index is 350. The van der Waals surface area contributed by atoms with Gasteiger partial charge in [0.1, 0.15) is 5.82 Å². The molecule has 0 aliphatic carbocycles. The lowest BCUT2D eigenvalue weighted by atomic mass is 9.82. The minimum Gasteiger partial charge on any atom is -0.305 e. The molecule has 1 fully saturated rings. The largest absolute Gasteiger partial charge is 0.305 e. The quantitative estimate of drug-likeness (QED) is 0.745. The van der Waals surface area contributed by atoms with Crippen molar-refractivity contribution in [3.8, 4) is 0 Å². The predicted octanol–water partition coefficient (Wildman–Crippen LogP) is 3.20. The number of halogens is 1. The average Bonchev–Trinajstić information content (AvgIpc) is 2.17. The Kier molecular flexibility index (Phi) is 2.79. The highest BCUT2D eigenvalue weighted by Crippen LogP contribution is 2.33. The maximum Gasteiger partial charge on any atom is 0.128 e. The molecular formula is C13H18FN. The van der Waals surface area contributed by atoms with Crippen LogP contribution in [-0.2, 0) is 5.54 Å². The number of nitrogens with one attached hydrogen (secondary N) is 1. The van der Waals surface area contributed by atoms with E-state index in [1.807, 2.05) is 12.1 Å². The van der Waals surface area contributed by atoms with Crippen molar-refractivity contribution in [3.63, 3.8) is 0 Å². The van der Waals surface area contributed by atoms with Crippen LogP contribution in [0, 0.1) is 5.82 Å². The van der Waals surface area contributed by atoms with Gasteiger partial charge in [-0.25, -0.2) is 4.39 Å². The molecule has 1 saturated heterocycles. The SMILES string of the molecule is CC1CCCC(C)(c2ccccc2F)N1. The predicted molar refractivity (Wildman–Crippen MR) is 60.2 cm³/mol. The highest BCUT2D eigenvalue weighted by Gasteiger charge is 2.32. The zero-order valence-corrected chi connectivity index (χ0v) is 9.39. The van der Waals surface area contributed by atoms with E-state index >= 15 is 0 Å². The Morgan fingerprint density at radius 1 is 1.40 bits per heavy atom. The van der Waals surface area contributed by atoms with E-state index in [2.05, 4.69) is 19.2 Å². The van der Waals surface area contributed by atoms with Gasteiger partial charge in [0.2, 0.25) is 0 Å². The highest BCUT2D eigenvalue weighted by atomic mass is 19.1. The van der Waals surface area contributed by atoms with Crippen molar-refractivity contribution in [3.05, 3.63) is 35.6 Å². The van der Waals surface area contributed by atoms with Gasteiger partial charge >= 0.3 is 0 Å².